The first-order chi connectivity index (χ1) is 6.83. The predicted octanol–water partition coefficient (Wildman–Crippen LogP) is 1.07. The summed E-state index contributed by atoms with van der Waals surface area (Å²) >= 11 is 0. The first-order valence-corrected chi connectivity index (χ1v) is 5.41. The summed E-state index contributed by atoms with van der Waals surface area (Å²) in [5.74, 6) is 0.678. The van der Waals surface area contributed by atoms with Crippen LogP contribution in [0.4, 0.5) is 0 Å². The van der Waals surface area contributed by atoms with E-state index in [0.29, 0.717) is 12.3 Å². The van der Waals surface area contributed by atoms with Gasteiger partial charge in [-0.3, -0.25) is 4.79 Å². The number of nitrogens with one attached hydrogen (secondary N) is 2. The topological polar surface area (TPSA) is 41.1 Å². The average molecular weight is 196 g/mol. The van der Waals surface area contributed by atoms with Gasteiger partial charge in [-0.05, 0) is 38.8 Å². The molecule has 1 amide bonds. The van der Waals surface area contributed by atoms with Crippen LogP contribution in [-0.2, 0) is 4.79 Å². The highest BCUT2D eigenvalue weighted by molar-refractivity contribution is 5.76. The van der Waals surface area contributed by atoms with Crippen LogP contribution in [-0.4, -0.2) is 26.0 Å². The van der Waals surface area contributed by atoms with Crippen molar-refractivity contribution in [3.05, 3.63) is 12.2 Å². The van der Waals surface area contributed by atoms with Crippen LogP contribution in [0.1, 0.15) is 25.7 Å². The van der Waals surface area contributed by atoms with E-state index in [1.54, 1.807) is 0 Å². The molecular weight excluding hydrogens is 176 g/mol. The molecule has 1 unspecified atom stereocenters. The van der Waals surface area contributed by atoms with Gasteiger partial charge in [0.2, 0.25) is 5.91 Å². The predicted molar refractivity (Wildman–Crippen MR) is 58.0 cm³/mol. The molecule has 0 fully saturated rings. The van der Waals surface area contributed by atoms with Gasteiger partial charge in [-0.15, -0.1) is 0 Å². The number of hydrogen-bond donors (Lipinski definition) is 2. The van der Waals surface area contributed by atoms with Crippen LogP contribution in [0.3, 0.4) is 0 Å². The molecular formula is C11H20N2O. The second-order valence-electron chi connectivity index (χ2n) is 3.78. The molecule has 2 N–H and O–H groups in total. The Morgan fingerprint density at radius 2 is 2.36 bits per heavy atom. The van der Waals surface area contributed by atoms with Crippen molar-refractivity contribution in [2.24, 2.45) is 5.92 Å². The van der Waals surface area contributed by atoms with E-state index in [2.05, 4.69) is 22.8 Å². The maximum atomic E-state index is 11.4. The highest BCUT2D eigenvalue weighted by Gasteiger charge is 2.12. The first-order valence-electron chi connectivity index (χ1n) is 5.41. The Morgan fingerprint density at radius 1 is 1.50 bits per heavy atom. The lowest BCUT2D eigenvalue weighted by Gasteiger charge is -2.08. The molecule has 1 aliphatic rings. The van der Waals surface area contributed by atoms with Crippen LogP contribution in [0.5, 0.6) is 0 Å². The largest absolute Gasteiger partial charge is 0.356 e. The van der Waals surface area contributed by atoms with Gasteiger partial charge in [0.05, 0.1) is 0 Å². The molecule has 80 valence electrons. The molecule has 3 heteroatoms. The molecule has 0 bridgehead atoms. The number of carbonyl (C=O) groups excluding carboxylic acids is 1. The lowest BCUT2D eigenvalue weighted by molar-refractivity contribution is -0.121. The van der Waals surface area contributed by atoms with E-state index in [1.165, 1.54) is 0 Å². The van der Waals surface area contributed by atoms with E-state index >= 15 is 0 Å². The molecule has 0 aromatic carbocycles. The molecule has 1 rings (SSSR count). The number of carbonyl (C=O) groups is 1. The van der Waals surface area contributed by atoms with Crippen LogP contribution in [0.15, 0.2) is 12.2 Å². The fourth-order valence-electron chi connectivity index (χ4n) is 1.67. The summed E-state index contributed by atoms with van der Waals surface area (Å²) in [6, 6.07) is 0. The molecule has 3 nitrogen and oxygen atoms in total. The van der Waals surface area contributed by atoms with Gasteiger partial charge < -0.3 is 10.6 Å². The maximum Gasteiger partial charge on any atom is 0.220 e. The minimum absolute atomic E-state index is 0.192. The Morgan fingerprint density at radius 3 is 3.00 bits per heavy atom. The minimum Gasteiger partial charge on any atom is -0.356 e. The quantitative estimate of drug-likeness (QED) is 0.493. The van der Waals surface area contributed by atoms with Crippen LogP contribution in [0.25, 0.3) is 0 Å². The van der Waals surface area contributed by atoms with Crippen molar-refractivity contribution < 1.29 is 4.79 Å². The van der Waals surface area contributed by atoms with Crippen LogP contribution >= 0.6 is 0 Å². The third-order valence-electron chi connectivity index (χ3n) is 2.49. The second kappa shape index (κ2) is 6.60. The number of hydrogen-bond acceptors (Lipinski definition) is 2. The fourth-order valence-corrected chi connectivity index (χ4v) is 1.67. The van der Waals surface area contributed by atoms with Crippen molar-refractivity contribution in [3.63, 3.8) is 0 Å². The second-order valence-corrected chi connectivity index (χ2v) is 3.78. The van der Waals surface area contributed by atoms with Crippen molar-refractivity contribution in [2.75, 3.05) is 20.1 Å². The van der Waals surface area contributed by atoms with E-state index in [1.807, 2.05) is 7.05 Å². The molecule has 0 spiro atoms. The average Bonchev–Trinajstić information content (AvgIpc) is 2.65. The highest BCUT2D eigenvalue weighted by Crippen LogP contribution is 2.19. The fraction of sp³-hybridized carbons (Fsp3) is 0.727. The maximum absolute atomic E-state index is 11.4. The van der Waals surface area contributed by atoms with Gasteiger partial charge in [-0.2, -0.15) is 0 Å². The lowest BCUT2D eigenvalue weighted by Crippen LogP contribution is -2.27. The van der Waals surface area contributed by atoms with E-state index in [9.17, 15) is 4.79 Å². The molecule has 14 heavy (non-hydrogen) atoms. The van der Waals surface area contributed by atoms with Gasteiger partial charge in [0.15, 0.2) is 0 Å². The zero-order valence-corrected chi connectivity index (χ0v) is 8.88. The van der Waals surface area contributed by atoms with Crippen LogP contribution in [0, 0.1) is 5.92 Å². The van der Waals surface area contributed by atoms with E-state index in [4.69, 9.17) is 0 Å². The first kappa shape index (κ1) is 11.2. The van der Waals surface area contributed by atoms with Gasteiger partial charge in [0.1, 0.15) is 0 Å². The van der Waals surface area contributed by atoms with Crippen molar-refractivity contribution >= 4 is 5.91 Å². The number of amides is 1. The van der Waals surface area contributed by atoms with Crippen LogP contribution < -0.4 is 10.6 Å². The monoisotopic (exact) mass is 196 g/mol. The highest BCUT2D eigenvalue weighted by atomic mass is 16.1. The molecule has 0 aromatic rings. The Kier molecular flexibility index (Phi) is 5.30. The van der Waals surface area contributed by atoms with Crippen molar-refractivity contribution in [3.8, 4) is 0 Å². The molecule has 1 aliphatic carbocycles. The number of allylic oxidation sites excluding steroid dienone is 2. The van der Waals surface area contributed by atoms with Gasteiger partial charge >= 0.3 is 0 Å². The van der Waals surface area contributed by atoms with Crippen molar-refractivity contribution in [1.82, 2.24) is 10.6 Å². The minimum atomic E-state index is 0.192. The molecule has 0 saturated heterocycles. The molecule has 1 atom stereocenters. The molecule has 0 heterocycles. The molecule has 0 saturated carbocycles. The Hall–Kier alpha value is -0.830. The summed E-state index contributed by atoms with van der Waals surface area (Å²) in [6.07, 6.45) is 8.27. The van der Waals surface area contributed by atoms with Crippen molar-refractivity contribution in [2.45, 2.75) is 25.7 Å². The molecule has 0 aromatic heterocycles. The van der Waals surface area contributed by atoms with Crippen LogP contribution in [0.2, 0.25) is 0 Å². The Bertz CT molecular complexity index is 201. The summed E-state index contributed by atoms with van der Waals surface area (Å²) in [5.41, 5.74) is 0. The zero-order valence-electron chi connectivity index (χ0n) is 8.88. The van der Waals surface area contributed by atoms with E-state index in [0.717, 1.165) is 32.4 Å². The van der Waals surface area contributed by atoms with Gasteiger partial charge in [0.25, 0.3) is 0 Å². The summed E-state index contributed by atoms with van der Waals surface area (Å²) in [4.78, 5) is 11.4. The summed E-state index contributed by atoms with van der Waals surface area (Å²) < 4.78 is 0. The third-order valence-corrected chi connectivity index (χ3v) is 2.49. The van der Waals surface area contributed by atoms with Gasteiger partial charge in [-0.1, -0.05) is 12.2 Å². The summed E-state index contributed by atoms with van der Waals surface area (Å²) in [7, 11) is 1.92. The standard InChI is InChI=1S/C11H20N2O/c1-12-7-4-8-13-11(14)9-10-5-2-3-6-10/h2,5,10,12H,3-4,6-9H2,1H3,(H,13,14). The normalized spacial score (nSPS) is 19.9. The lowest BCUT2D eigenvalue weighted by atomic mass is 10.1. The van der Waals surface area contributed by atoms with E-state index in [-0.39, 0.29) is 5.91 Å². The molecule has 0 aliphatic heterocycles. The van der Waals surface area contributed by atoms with Gasteiger partial charge in [-0.25, -0.2) is 0 Å². The summed E-state index contributed by atoms with van der Waals surface area (Å²) in [6.45, 7) is 1.75. The molecule has 0 radical (unpaired) electrons. The Labute approximate surface area is 86.0 Å². The zero-order chi connectivity index (χ0) is 10.2. The smallest absolute Gasteiger partial charge is 0.220 e. The summed E-state index contributed by atoms with van der Waals surface area (Å²) in [5, 5.41) is 5.98. The third kappa shape index (κ3) is 4.42. The van der Waals surface area contributed by atoms with Crippen molar-refractivity contribution in [1.29, 1.82) is 0 Å². The Balaban J connectivity index is 2.01. The van der Waals surface area contributed by atoms with Gasteiger partial charge in [0, 0.05) is 13.0 Å². The van der Waals surface area contributed by atoms with E-state index < -0.39 is 0 Å². The SMILES string of the molecule is CNCCCNC(=O)CC1C=CCC1. The number of rotatable bonds is 6.